The average molecular weight is 227 g/mol. The van der Waals surface area contributed by atoms with Gasteiger partial charge in [-0.1, -0.05) is 0 Å². The molecule has 0 saturated heterocycles. The molecular formula is C2H3OW. The fraction of sp³-hybridized carbons (Fsp3) is 0.500. The summed E-state index contributed by atoms with van der Waals surface area (Å²) in [5.74, 6) is 0. The molecule has 0 spiro atoms. The van der Waals surface area contributed by atoms with E-state index in [1.165, 1.54) is 13.2 Å². The van der Waals surface area contributed by atoms with Gasteiger partial charge in [0, 0.05) is 28.0 Å². The molecule has 0 amide bonds. The first kappa shape index (κ1) is 8.84. The van der Waals surface area contributed by atoms with Gasteiger partial charge in [0.2, 0.25) is 0 Å². The summed E-state index contributed by atoms with van der Waals surface area (Å²) < 4.78 is 0. The third kappa shape index (κ3) is 33.9. The van der Waals surface area contributed by atoms with Gasteiger partial charge >= 0.3 is 0 Å². The molecule has 0 atom stereocenters. The molecule has 0 heterocycles. The van der Waals surface area contributed by atoms with Gasteiger partial charge in [-0.2, -0.15) is 0 Å². The van der Waals surface area contributed by atoms with Crippen molar-refractivity contribution in [3.63, 3.8) is 0 Å². The van der Waals surface area contributed by atoms with Crippen molar-refractivity contribution in [1.29, 1.82) is 0 Å². The van der Waals surface area contributed by atoms with E-state index >= 15 is 0 Å². The normalized spacial score (nSPS) is 3.25. The van der Waals surface area contributed by atoms with Gasteiger partial charge < -0.3 is 0 Å². The van der Waals surface area contributed by atoms with Crippen molar-refractivity contribution in [3.05, 3.63) is 0 Å². The van der Waals surface area contributed by atoms with Crippen LogP contribution in [-0.2, 0) is 25.9 Å². The summed E-state index contributed by atoms with van der Waals surface area (Å²) in [5, 5.41) is 0. The summed E-state index contributed by atoms with van der Waals surface area (Å²) in [6.45, 7) is 1.32. The molecule has 0 rings (SSSR count). The van der Waals surface area contributed by atoms with E-state index in [2.05, 4.69) is 0 Å². The third-order valence-corrected chi connectivity index (χ3v) is 0. The maximum absolute atomic E-state index is 8.68. The molecule has 0 N–H and O–H groups in total. The van der Waals surface area contributed by atoms with Crippen LogP contribution in [-0.4, -0.2) is 6.29 Å². The van der Waals surface area contributed by atoms with Gasteiger partial charge in [0.15, 0.2) is 6.29 Å². The van der Waals surface area contributed by atoms with E-state index in [0.717, 1.165) is 0 Å². The van der Waals surface area contributed by atoms with E-state index in [1.54, 1.807) is 0 Å². The van der Waals surface area contributed by atoms with Gasteiger partial charge in [-0.25, -0.2) is 0 Å². The molecule has 2 heteroatoms. The molecule has 0 aliphatic heterocycles. The van der Waals surface area contributed by atoms with E-state index in [-0.39, 0.29) is 21.1 Å². The van der Waals surface area contributed by atoms with Gasteiger partial charge in [0.25, 0.3) is 0 Å². The molecule has 0 fully saturated rings. The molecule has 23 valence electrons. The molecule has 0 aromatic carbocycles. The second kappa shape index (κ2) is 10.1. The van der Waals surface area contributed by atoms with E-state index in [1.807, 2.05) is 0 Å². The zero-order valence-electron chi connectivity index (χ0n) is 2.32. The first-order chi connectivity index (χ1) is 1.41. The molecule has 0 bridgehead atoms. The van der Waals surface area contributed by atoms with Crippen LogP contribution in [0.5, 0.6) is 0 Å². The van der Waals surface area contributed by atoms with Crippen LogP contribution in [0.1, 0.15) is 6.92 Å². The van der Waals surface area contributed by atoms with Crippen LogP contribution in [0.2, 0.25) is 0 Å². The second-order valence-electron chi connectivity index (χ2n) is 0.204. The Kier molecular flexibility index (Phi) is 22.4. The topological polar surface area (TPSA) is 17.1 Å². The quantitative estimate of drug-likeness (QED) is 0.574. The molecule has 0 saturated carbocycles. The summed E-state index contributed by atoms with van der Waals surface area (Å²) in [4.78, 5) is 8.68. The molecule has 4 heavy (non-hydrogen) atoms. The average Bonchev–Trinajstić information content (AvgIpc) is 0.918. The van der Waals surface area contributed by atoms with Gasteiger partial charge in [0.05, 0.1) is 0 Å². The van der Waals surface area contributed by atoms with Gasteiger partial charge in [-0.15, -0.1) is 0 Å². The van der Waals surface area contributed by atoms with Crippen LogP contribution in [0, 0.1) is 0 Å². The summed E-state index contributed by atoms with van der Waals surface area (Å²) in [7, 11) is 0. The molecule has 0 aliphatic rings. The second-order valence-corrected chi connectivity index (χ2v) is 0.204. The molecule has 1 radical (unpaired) electrons. The molecule has 0 aromatic heterocycles. The SMILES string of the molecule is C[C]=O.[W]. The van der Waals surface area contributed by atoms with Gasteiger partial charge in [-0.3, -0.25) is 4.79 Å². The number of carbonyl (C=O) groups excluding carboxylic acids is 1. The molecule has 1 nitrogen and oxygen atoms in total. The Morgan fingerprint density at radius 2 is 1.75 bits per heavy atom. The van der Waals surface area contributed by atoms with E-state index in [4.69, 9.17) is 4.79 Å². The maximum Gasteiger partial charge on any atom is 0.195 e. The largest absolute Gasteiger partial charge is 0.291 e. The van der Waals surface area contributed by atoms with Gasteiger partial charge in [0.1, 0.15) is 0 Å². The summed E-state index contributed by atoms with van der Waals surface area (Å²) in [5.41, 5.74) is 0. The number of hydrogen-bond acceptors (Lipinski definition) is 1. The molecule has 0 aromatic rings. The summed E-state index contributed by atoms with van der Waals surface area (Å²) >= 11 is 0. The predicted molar refractivity (Wildman–Crippen MR) is 11.4 cm³/mol. The van der Waals surface area contributed by atoms with Crippen molar-refractivity contribution in [1.82, 2.24) is 0 Å². The Morgan fingerprint density at radius 1 is 1.75 bits per heavy atom. The minimum Gasteiger partial charge on any atom is -0.291 e. The summed E-state index contributed by atoms with van der Waals surface area (Å²) in [6, 6.07) is 0. The van der Waals surface area contributed by atoms with Crippen molar-refractivity contribution in [3.8, 4) is 0 Å². The Hall–Kier alpha value is 0.358. The monoisotopic (exact) mass is 227 g/mol. The maximum atomic E-state index is 8.68. The minimum atomic E-state index is 0. The van der Waals surface area contributed by atoms with E-state index in [0.29, 0.717) is 0 Å². The Labute approximate surface area is 39.7 Å². The zero-order valence-corrected chi connectivity index (χ0v) is 5.25. The van der Waals surface area contributed by atoms with Crippen LogP contribution < -0.4 is 0 Å². The van der Waals surface area contributed by atoms with Crippen LogP contribution in [0.25, 0.3) is 0 Å². The van der Waals surface area contributed by atoms with Crippen molar-refractivity contribution < 1.29 is 25.9 Å². The molecule has 0 aliphatic carbocycles. The fourth-order valence-corrected chi connectivity index (χ4v) is 0. The van der Waals surface area contributed by atoms with Crippen LogP contribution >= 0.6 is 0 Å². The van der Waals surface area contributed by atoms with Gasteiger partial charge in [-0.05, 0) is 0 Å². The zero-order chi connectivity index (χ0) is 2.71. The predicted octanol–water partition coefficient (Wildman–Crippen LogP) is 0.113. The van der Waals surface area contributed by atoms with Crippen LogP contribution in [0.3, 0.4) is 0 Å². The first-order valence-electron chi connectivity index (χ1n) is 0.704. The number of hydrogen-bond donors (Lipinski definition) is 0. The van der Waals surface area contributed by atoms with E-state index in [9.17, 15) is 0 Å². The van der Waals surface area contributed by atoms with Crippen LogP contribution in [0.4, 0.5) is 0 Å². The first-order valence-corrected chi connectivity index (χ1v) is 0.704. The summed E-state index contributed by atoms with van der Waals surface area (Å²) in [6.07, 6.45) is 1.50. The van der Waals surface area contributed by atoms with E-state index < -0.39 is 0 Å². The van der Waals surface area contributed by atoms with Crippen molar-refractivity contribution in [2.75, 3.05) is 0 Å². The Bertz CT molecular complexity index is 13.5. The van der Waals surface area contributed by atoms with Crippen molar-refractivity contribution in [2.45, 2.75) is 6.92 Å². The fourth-order valence-electron chi connectivity index (χ4n) is 0. The van der Waals surface area contributed by atoms with Crippen LogP contribution in [0.15, 0.2) is 0 Å². The number of rotatable bonds is 0. The van der Waals surface area contributed by atoms with Crippen molar-refractivity contribution in [2.24, 2.45) is 0 Å². The molecular weight excluding hydrogens is 224 g/mol. The molecule has 0 unspecified atom stereocenters. The Morgan fingerprint density at radius 3 is 1.75 bits per heavy atom. The smallest absolute Gasteiger partial charge is 0.195 e. The Balaban J connectivity index is 0. The standard InChI is InChI=1S/C2H3O.W/c1-2-3;/h1H3;. The minimum absolute atomic E-state index is 0. The third-order valence-electron chi connectivity index (χ3n) is 0. The van der Waals surface area contributed by atoms with Crippen molar-refractivity contribution >= 4 is 6.29 Å².